The van der Waals surface area contributed by atoms with Crippen LogP contribution in [-0.2, 0) is 9.53 Å². The molecular formula is C15H30N2O2. The van der Waals surface area contributed by atoms with Crippen LogP contribution in [0.4, 0.5) is 0 Å². The molecule has 1 aliphatic carbocycles. The summed E-state index contributed by atoms with van der Waals surface area (Å²) in [4.78, 5) is 12.0. The number of carbonyl (C=O) groups excluding carboxylic acids is 1. The van der Waals surface area contributed by atoms with E-state index in [1.165, 1.54) is 0 Å². The van der Waals surface area contributed by atoms with E-state index < -0.39 is 0 Å². The largest absolute Gasteiger partial charge is 0.378 e. The summed E-state index contributed by atoms with van der Waals surface area (Å²) < 4.78 is 5.71. The zero-order valence-electron chi connectivity index (χ0n) is 13.5. The predicted octanol–water partition coefficient (Wildman–Crippen LogP) is 2.08. The highest BCUT2D eigenvalue weighted by Gasteiger charge is 2.49. The normalized spacial score (nSPS) is 27.5. The third-order valence-electron chi connectivity index (χ3n) is 3.89. The van der Waals surface area contributed by atoms with E-state index in [0.29, 0.717) is 12.1 Å². The molecule has 0 aliphatic heterocycles. The van der Waals surface area contributed by atoms with Gasteiger partial charge >= 0.3 is 0 Å². The minimum Gasteiger partial charge on any atom is -0.378 e. The molecule has 0 spiro atoms. The lowest BCUT2D eigenvalue weighted by molar-refractivity contribution is -0.131. The molecule has 0 radical (unpaired) electrons. The molecule has 0 saturated heterocycles. The first-order valence-electron chi connectivity index (χ1n) is 7.27. The van der Waals surface area contributed by atoms with Crippen LogP contribution in [0, 0.1) is 5.41 Å². The van der Waals surface area contributed by atoms with E-state index >= 15 is 0 Å². The van der Waals surface area contributed by atoms with Crippen LogP contribution >= 0.6 is 0 Å². The number of hydrogen-bond donors (Lipinski definition) is 2. The number of rotatable bonds is 5. The second kappa shape index (κ2) is 5.80. The molecule has 4 nitrogen and oxygen atoms in total. The van der Waals surface area contributed by atoms with Crippen molar-refractivity contribution in [1.82, 2.24) is 10.6 Å². The summed E-state index contributed by atoms with van der Waals surface area (Å²) in [5.41, 5.74) is -0.0949. The van der Waals surface area contributed by atoms with Gasteiger partial charge in [-0.25, -0.2) is 0 Å². The Morgan fingerprint density at radius 2 is 2.00 bits per heavy atom. The van der Waals surface area contributed by atoms with Crippen molar-refractivity contribution in [3.8, 4) is 0 Å². The Morgan fingerprint density at radius 1 is 1.42 bits per heavy atom. The molecule has 112 valence electrons. The molecule has 0 heterocycles. The SMILES string of the molecule is CCOC1CC(NC(C)C(=O)NC(C)(C)C)C1(C)C. The summed E-state index contributed by atoms with van der Waals surface area (Å²) in [6.07, 6.45) is 1.28. The van der Waals surface area contributed by atoms with Crippen LogP contribution in [0.25, 0.3) is 0 Å². The molecule has 19 heavy (non-hydrogen) atoms. The molecular weight excluding hydrogens is 240 g/mol. The van der Waals surface area contributed by atoms with E-state index in [2.05, 4.69) is 24.5 Å². The van der Waals surface area contributed by atoms with Gasteiger partial charge in [0.1, 0.15) is 0 Å². The number of hydrogen-bond acceptors (Lipinski definition) is 3. The topological polar surface area (TPSA) is 50.4 Å². The van der Waals surface area contributed by atoms with Crippen molar-refractivity contribution in [2.24, 2.45) is 5.41 Å². The summed E-state index contributed by atoms with van der Waals surface area (Å²) in [7, 11) is 0. The average Bonchev–Trinajstić information content (AvgIpc) is 2.25. The van der Waals surface area contributed by atoms with Crippen LogP contribution in [0.2, 0.25) is 0 Å². The lowest BCUT2D eigenvalue weighted by Crippen LogP contribution is -2.64. The monoisotopic (exact) mass is 270 g/mol. The van der Waals surface area contributed by atoms with Crippen LogP contribution in [0.5, 0.6) is 0 Å². The first-order chi connectivity index (χ1) is 8.58. The van der Waals surface area contributed by atoms with E-state index in [9.17, 15) is 4.79 Å². The lowest BCUT2D eigenvalue weighted by Gasteiger charge is -2.52. The first kappa shape index (κ1) is 16.4. The molecule has 1 fully saturated rings. The van der Waals surface area contributed by atoms with Crippen LogP contribution in [0.15, 0.2) is 0 Å². The first-order valence-corrected chi connectivity index (χ1v) is 7.27. The zero-order chi connectivity index (χ0) is 14.8. The van der Waals surface area contributed by atoms with Crippen molar-refractivity contribution in [3.05, 3.63) is 0 Å². The summed E-state index contributed by atoms with van der Waals surface area (Å²) in [6.45, 7) is 15.1. The summed E-state index contributed by atoms with van der Waals surface area (Å²) in [5.74, 6) is 0.0585. The Morgan fingerprint density at radius 3 is 2.42 bits per heavy atom. The molecule has 0 aromatic rings. The van der Waals surface area contributed by atoms with Crippen molar-refractivity contribution in [2.75, 3.05) is 6.61 Å². The highest BCUT2D eigenvalue weighted by molar-refractivity contribution is 5.82. The smallest absolute Gasteiger partial charge is 0.237 e. The molecule has 3 atom stereocenters. The Hall–Kier alpha value is -0.610. The lowest BCUT2D eigenvalue weighted by atomic mass is 9.64. The van der Waals surface area contributed by atoms with Crippen molar-refractivity contribution in [3.63, 3.8) is 0 Å². The van der Waals surface area contributed by atoms with Crippen LogP contribution in [-0.4, -0.2) is 36.2 Å². The summed E-state index contributed by atoms with van der Waals surface area (Å²) in [5, 5.41) is 6.43. The summed E-state index contributed by atoms with van der Waals surface area (Å²) in [6, 6.07) is 0.163. The molecule has 1 saturated carbocycles. The van der Waals surface area contributed by atoms with Gasteiger partial charge < -0.3 is 15.4 Å². The Balaban J connectivity index is 2.46. The maximum Gasteiger partial charge on any atom is 0.237 e. The molecule has 1 aliphatic rings. The maximum absolute atomic E-state index is 12.0. The predicted molar refractivity (Wildman–Crippen MR) is 78.1 cm³/mol. The van der Waals surface area contributed by atoms with Crippen LogP contribution in [0.1, 0.15) is 54.9 Å². The molecule has 3 unspecified atom stereocenters. The van der Waals surface area contributed by atoms with Gasteiger partial charge in [0.25, 0.3) is 0 Å². The summed E-state index contributed by atoms with van der Waals surface area (Å²) >= 11 is 0. The third-order valence-corrected chi connectivity index (χ3v) is 3.89. The highest BCUT2D eigenvalue weighted by Crippen LogP contribution is 2.42. The molecule has 1 rings (SSSR count). The molecule has 0 aromatic heterocycles. The van der Waals surface area contributed by atoms with Crippen LogP contribution < -0.4 is 10.6 Å². The molecule has 0 aromatic carbocycles. The average molecular weight is 270 g/mol. The zero-order valence-corrected chi connectivity index (χ0v) is 13.5. The van der Waals surface area contributed by atoms with Gasteiger partial charge in [-0.3, -0.25) is 4.79 Å². The van der Waals surface area contributed by atoms with Crippen molar-refractivity contribution >= 4 is 5.91 Å². The maximum atomic E-state index is 12.0. The van der Waals surface area contributed by atoms with E-state index in [1.807, 2.05) is 34.6 Å². The molecule has 2 N–H and O–H groups in total. The van der Waals surface area contributed by atoms with Gasteiger partial charge in [0.15, 0.2) is 0 Å². The highest BCUT2D eigenvalue weighted by atomic mass is 16.5. The number of amides is 1. The number of carbonyl (C=O) groups is 1. The second-order valence-corrected chi connectivity index (χ2v) is 7.18. The van der Waals surface area contributed by atoms with Gasteiger partial charge in [-0.05, 0) is 41.0 Å². The number of ether oxygens (including phenoxy) is 1. The van der Waals surface area contributed by atoms with Crippen molar-refractivity contribution in [2.45, 2.75) is 78.6 Å². The van der Waals surface area contributed by atoms with E-state index in [4.69, 9.17) is 4.74 Å². The Labute approximate surface area is 117 Å². The Kier molecular flexibility index (Phi) is 5.02. The van der Waals surface area contributed by atoms with Gasteiger partial charge in [0.2, 0.25) is 5.91 Å². The molecule has 1 amide bonds. The van der Waals surface area contributed by atoms with Crippen LogP contribution in [0.3, 0.4) is 0 Å². The van der Waals surface area contributed by atoms with Gasteiger partial charge in [-0.2, -0.15) is 0 Å². The number of nitrogens with one attached hydrogen (secondary N) is 2. The quantitative estimate of drug-likeness (QED) is 0.804. The van der Waals surface area contributed by atoms with E-state index in [0.717, 1.165) is 13.0 Å². The van der Waals surface area contributed by atoms with E-state index in [-0.39, 0.29) is 22.9 Å². The minimum atomic E-state index is -0.185. The van der Waals surface area contributed by atoms with Crippen molar-refractivity contribution < 1.29 is 9.53 Å². The fourth-order valence-electron chi connectivity index (χ4n) is 2.51. The fourth-order valence-corrected chi connectivity index (χ4v) is 2.51. The van der Waals surface area contributed by atoms with Gasteiger partial charge in [-0.1, -0.05) is 13.8 Å². The fraction of sp³-hybridized carbons (Fsp3) is 0.933. The minimum absolute atomic E-state index is 0.0585. The van der Waals surface area contributed by atoms with E-state index in [1.54, 1.807) is 0 Å². The standard InChI is InChI=1S/C15H30N2O2/c1-8-19-12-9-11(15(12,6)7)16-10(2)13(18)17-14(3,4)5/h10-12,16H,8-9H2,1-7H3,(H,17,18). The van der Waals surface area contributed by atoms with Gasteiger partial charge in [0, 0.05) is 23.6 Å². The molecule has 0 bridgehead atoms. The van der Waals surface area contributed by atoms with Crippen molar-refractivity contribution in [1.29, 1.82) is 0 Å². The molecule has 4 heteroatoms. The second-order valence-electron chi connectivity index (χ2n) is 7.18. The third kappa shape index (κ3) is 4.18. The van der Waals surface area contributed by atoms with Gasteiger partial charge in [0.05, 0.1) is 12.1 Å². The Bertz CT molecular complexity index is 321. The van der Waals surface area contributed by atoms with Gasteiger partial charge in [-0.15, -0.1) is 0 Å².